The minimum absolute atomic E-state index is 0.0530. The predicted octanol–water partition coefficient (Wildman–Crippen LogP) is 2.71. The van der Waals surface area contributed by atoms with Crippen molar-refractivity contribution < 1.29 is 23.8 Å². The molecule has 1 aliphatic heterocycles. The number of nitrogens with one attached hydrogen (secondary N) is 1. The maximum atomic E-state index is 13.4. The molecule has 0 radical (unpaired) electrons. The largest absolute Gasteiger partial charge is 0.493 e. The van der Waals surface area contributed by atoms with E-state index in [9.17, 15) is 9.59 Å². The lowest BCUT2D eigenvalue weighted by Crippen LogP contribution is -2.48. The summed E-state index contributed by atoms with van der Waals surface area (Å²) in [6.07, 6.45) is 0.693. The molecule has 0 bridgehead atoms. The molecular weight excluding hydrogens is 396 g/mol. The van der Waals surface area contributed by atoms with Crippen LogP contribution in [0.1, 0.15) is 28.3 Å². The van der Waals surface area contributed by atoms with Crippen molar-refractivity contribution in [3.63, 3.8) is 0 Å². The van der Waals surface area contributed by atoms with Gasteiger partial charge in [0.25, 0.3) is 5.91 Å². The van der Waals surface area contributed by atoms with Crippen molar-refractivity contribution >= 4 is 11.8 Å². The van der Waals surface area contributed by atoms with Crippen molar-refractivity contribution in [2.75, 3.05) is 47.6 Å². The molecule has 2 atom stereocenters. The number of amides is 2. The van der Waals surface area contributed by atoms with Gasteiger partial charge in [-0.2, -0.15) is 0 Å². The summed E-state index contributed by atoms with van der Waals surface area (Å²) in [4.78, 5) is 27.9. The molecule has 0 aliphatic carbocycles. The van der Waals surface area contributed by atoms with Crippen molar-refractivity contribution in [2.24, 2.45) is 5.92 Å². The van der Waals surface area contributed by atoms with Crippen LogP contribution in [-0.4, -0.2) is 64.3 Å². The van der Waals surface area contributed by atoms with Crippen molar-refractivity contribution in [2.45, 2.75) is 12.3 Å². The summed E-state index contributed by atoms with van der Waals surface area (Å²) in [7, 11) is 4.70. The van der Waals surface area contributed by atoms with Crippen LogP contribution in [0.5, 0.6) is 11.5 Å². The first-order valence-electron chi connectivity index (χ1n) is 10.4. The second-order valence-electron chi connectivity index (χ2n) is 7.60. The van der Waals surface area contributed by atoms with Gasteiger partial charge in [0, 0.05) is 38.2 Å². The summed E-state index contributed by atoms with van der Waals surface area (Å²) < 4.78 is 15.6. The van der Waals surface area contributed by atoms with E-state index in [4.69, 9.17) is 14.2 Å². The van der Waals surface area contributed by atoms with Crippen LogP contribution in [0.2, 0.25) is 0 Å². The molecule has 2 aromatic rings. The fourth-order valence-electron chi connectivity index (χ4n) is 3.99. The zero-order valence-electron chi connectivity index (χ0n) is 18.3. The molecule has 2 amide bonds. The van der Waals surface area contributed by atoms with E-state index in [0.29, 0.717) is 49.7 Å². The number of carbonyl (C=O) groups is 2. The van der Waals surface area contributed by atoms with Crippen molar-refractivity contribution in [1.82, 2.24) is 10.2 Å². The van der Waals surface area contributed by atoms with Crippen molar-refractivity contribution in [3.05, 3.63) is 59.7 Å². The van der Waals surface area contributed by atoms with E-state index >= 15 is 0 Å². The minimum Gasteiger partial charge on any atom is -0.493 e. The zero-order chi connectivity index (χ0) is 22.2. The van der Waals surface area contributed by atoms with Crippen LogP contribution in [0.25, 0.3) is 0 Å². The van der Waals surface area contributed by atoms with Crippen molar-refractivity contribution in [1.29, 1.82) is 0 Å². The number of hydrogen-bond donors (Lipinski definition) is 1. The van der Waals surface area contributed by atoms with Gasteiger partial charge in [0.15, 0.2) is 11.5 Å². The second-order valence-corrected chi connectivity index (χ2v) is 7.60. The monoisotopic (exact) mass is 426 g/mol. The van der Waals surface area contributed by atoms with Gasteiger partial charge in [0.2, 0.25) is 5.91 Å². The quantitative estimate of drug-likeness (QED) is 0.657. The van der Waals surface area contributed by atoms with Crippen LogP contribution >= 0.6 is 0 Å². The summed E-state index contributed by atoms with van der Waals surface area (Å²) in [6.45, 7) is 1.83. The average Bonchev–Trinajstić information content (AvgIpc) is 2.83. The van der Waals surface area contributed by atoms with Crippen LogP contribution in [0.3, 0.4) is 0 Å². The molecule has 1 aliphatic rings. The maximum absolute atomic E-state index is 13.4. The molecule has 31 heavy (non-hydrogen) atoms. The fraction of sp³-hybridized carbons (Fsp3) is 0.417. The molecular formula is C24H30N2O5. The highest BCUT2D eigenvalue weighted by Gasteiger charge is 2.35. The van der Waals surface area contributed by atoms with E-state index in [0.717, 1.165) is 5.56 Å². The number of methoxy groups -OCH3 is 3. The van der Waals surface area contributed by atoms with Gasteiger partial charge in [0.1, 0.15) is 0 Å². The van der Waals surface area contributed by atoms with Crippen molar-refractivity contribution in [3.8, 4) is 11.5 Å². The Morgan fingerprint density at radius 1 is 1.00 bits per heavy atom. The molecule has 0 unspecified atom stereocenters. The highest BCUT2D eigenvalue weighted by molar-refractivity contribution is 5.95. The molecule has 7 heteroatoms. The third-order valence-electron chi connectivity index (χ3n) is 5.62. The van der Waals surface area contributed by atoms with Gasteiger partial charge in [-0.3, -0.25) is 9.59 Å². The van der Waals surface area contributed by atoms with Gasteiger partial charge in [-0.15, -0.1) is 0 Å². The Morgan fingerprint density at radius 2 is 1.74 bits per heavy atom. The van der Waals surface area contributed by atoms with Gasteiger partial charge in [0.05, 0.1) is 26.7 Å². The van der Waals surface area contributed by atoms with Gasteiger partial charge in [-0.25, -0.2) is 0 Å². The Labute approximate surface area is 183 Å². The van der Waals surface area contributed by atoms with Gasteiger partial charge >= 0.3 is 0 Å². The lowest BCUT2D eigenvalue weighted by molar-refractivity contribution is -0.126. The van der Waals surface area contributed by atoms with Crippen LogP contribution in [0.4, 0.5) is 0 Å². The molecule has 1 N–H and O–H groups in total. The van der Waals surface area contributed by atoms with E-state index in [1.807, 2.05) is 18.2 Å². The first kappa shape index (κ1) is 22.6. The summed E-state index contributed by atoms with van der Waals surface area (Å²) in [5.41, 5.74) is 1.63. The number of piperidine rings is 1. The molecule has 1 heterocycles. The first-order chi connectivity index (χ1) is 15.1. The lowest BCUT2D eigenvalue weighted by atomic mass is 9.83. The summed E-state index contributed by atoms with van der Waals surface area (Å²) in [6, 6.07) is 15.2. The molecule has 1 saturated heterocycles. The molecule has 0 saturated carbocycles. The Hall–Kier alpha value is -3.06. The standard InChI is InChI=1S/C24H30N2O5/c1-29-12-11-25-23(27)20-13-19(17-7-5-4-6-8-17)15-26(16-20)24(28)18-9-10-21(30-2)22(14-18)31-3/h4-10,14,19-20H,11-13,15-16H2,1-3H3,(H,25,27)/t19-,20+/m0/s1. The van der Waals surface area contributed by atoms with E-state index in [2.05, 4.69) is 17.4 Å². The van der Waals surface area contributed by atoms with Crippen LogP contribution in [0.15, 0.2) is 48.5 Å². The number of carbonyl (C=O) groups excluding carboxylic acids is 2. The number of nitrogens with zero attached hydrogens (tertiary/aromatic N) is 1. The summed E-state index contributed by atoms with van der Waals surface area (Å²) in [5.74, 6) is 0.672. The SMILES string of the molecule is COCCNC(=O)[C@@H]1C[C@H](c2ccccc2)CN(C(=O)c2ccc(OC)c(OC)c2)C1. The van der Waals surface area contributed by atoms with E-state index in [-0.39, 0.29) is 23.7 Å². The average molecular weight is 427 g/mol. The zero-order valence-corrected chi connectivity index (χ0v) is 18.3. The summed E-state index contributed by atoms with van der Waals surface area (Å²) >= 11 is 0. The normalized spacial score (nSPS) is 18.4. The third kappa shape index (κ3) is 5.55. The molecule has 0 spiro atoms. The van der Waals surface area contributed by atoms with Crippen LogP contribution < -0.4 is 14.8 Å². The van der Waals surface area contributed by atoms with Gasteiger partial charge < -0.3 is 24.4 Å². The van der Waals surface area contributed by atoms with Crippen LogP contribution in [-0.2, 0) is 9.53 Å². The second kappa shape index (κ2) is 10.8. The first-order valence-corrected chi connectivity index (χ1v) is 10.4. The smallest absolute Gasteiger partial charge is 0.254 e. The highest BCUT2D eigenvalue weighted by Crippen LogP contribution is 2.33. The fourth-order valence-corrected chi connectivity index (χ4v) is 3.99. The highest BCUT2D eigenvalue weighted by atomic mass is 16.5. The molecule has 0 aromatic heterocycles. The lowest BCUT2D eigenvalue weighted by Gasteiger charge is -2.37. The topological polar surface area (TPSA) is 77.1 Å². The number of hydrogen-bond acceptors (Lipinski definition) is 5. The maximum Gasteiger partial charge on any atom is 0.254 e. The minimum atomic E-state index is -0.292. The predicted molar refractivity (Wildman–Crippen MR) is 118 cm³/mol. The molecule has 2 aromatic carbocycles. The number of likely N-dealkylation sites (tertiary alicyclic amines) is 1. The number of benzene rings is 2. The number of ether oxygens (including phenoxy) is 3. The molecule has 3 rings (SSSR count). The Morgan fingerprint density at radius 3 is 2.42 bits per heavy atom. The van der Waals surface area contributed by atoms with E-state index in [1.54, 1.807) is 44.4 Å². The van der Waals surface area contributed by atoms with E-state index < -0.39 is 0 Å². The Balaban J connectivity index is 1.83. The van der Waals surface area contributed by atoms with E-state index in [1.165, 1.54) is 0 Å². The Bertz CT molecular complexity index is 887. The number of rotatable bonds is 8. The molecule has 166 valence electrons. The molecule has 1 fully saturated rings. The Kier molecular flexibility index (Phi) is 7.89. The third-order valence-corrected chi connectivity index (χ3v) is 5.62. The van der Waals surface area contributed by atoms with Crippen LogP contribution in [0, 0.1) is 5.92 Å². The summed E-state index contributed by atoms with van der Waals surface area (Å²) in [5, 5.41) is 2.92. The van der Waals surface area contributed by atoms with Gasteiger partial charge in [-0.05, 0) is 30.2 Å². The molecule has 7 nitrogen and oxygen atoms in total. The van der Waals surface area contributed by atoms with Gasteiger partial charge in [-0.1, -0.05) is 30.3 Å².